The van der Waals surface area contributed by atoms with Crippen LogP contribution >= 0.6 is 0 Å². The third-order valence-electron chi connectivity index (χ3n) is 5.49. The molecule has 140 valence electrons. The topological polar surface area (TPSA) is 0 Å². The van der Waals surface area contributed by atoms with Crippen LogP contribution in [0.2, 0.25) is 0 Å². The minimum atomic E-state index is -0.154. The Morgan fingerprint density at radius 2 is 1.85 bits per heavy atom. The smallest absolute Gasteiger partial charge is 0.131 e. The van der Waals surface area contributed by atoms with E-state index in [0.717, 1.165) is 35.4 Å². The van der Waals surface area contributed by atoms with Crippen molar-refractivity contribution in [2.75, 3.05) is 0 Å². The maximum absolute atomic E-state index is 14.3. The van der Waals surface area contributed by atoms with E-state index in [4.69, 9.17) is 0 Å². The normalized spacial score (nSPS) is 16.4. The number of halogens is 1. The Morgan fingerprint density at radius 3 is 2.48 bits per heavy atom. The van der Waals surface area contributed by atoms with E-state index >= 15 is 0 Å². The van der Waals surface area contributed by atoms with Crippen LogP contribution in [0.1, 0.15) is 63.5 Å². The molecule has 0 saturated heterocycles. The molecule has 0 aromatic heterocycles. The van der Waals surface area contributed by atoms with Gasteiger partial charge in [0.25, 0.3) is 0 Å². The first-order valence-electron chi connectivity index (χ1n) is 10.3. The number of allylic oxidation sites excluding steroid dienone is 2. The summed E-state index contributed by atoms with van der Waals surface area (Å²) in [6, 6.07) is 13.4. The van der Waals surface area contributed by atoms with Gasteiger partial charge in [0.15, 0.2) is 0 Å². The van der Waals surface area contributed by atoms with E-state index < -0.39 is 0 Å². The first-order chi connectivity index (χ1) is 13.2. The summed E-state index contributed by atoms with van der Waals surface area (Å²) in [7, 11) is 0. The Balaban J connectivity index is 1.65. The van der Waals surface area contributed by atoms with Crippen molar-refractivity contribution in [3.05, 3.63) is 71.1 Å². The standard InChI is InChI=1S/C26H29F/c1-3-5-6-21-7-9-22(10-8-21)11-12-23-13-16-24(17-14-23)25-18-15-20(4-2)19-26(25)27/h9,13-19,21H,3-8,10H2,1-2H3. The number of unbranched alkanes of at least 4 members (excludes halogenated alkanes) is 1. The predicted octanol–water partition coefficient (Wildman–Crippen LogP) is 7.32. The first-order valence-corrected chi connectivity index (χ1v) is 10.3. The molecule has 1 atom stereocenters. The van der Waals surface area contributed by atoms with Gasteiger partial charge < -0.3 is 0 Å². The molecule has 1 aliphatic carbocycles. The molecule has 0 N–H and O–H groups in total. The molecule has 0 amide bonds. The fourth-order valence-corrected chi connectivity index (χ4v) is 3.66. The molecule has 0 aliphatic heterocycles. The summed E-state index contributed by atoms with van der Waals surface area (Å²) in [5.74, 6) is 7.31. The molecular formula is C26H29F. The highest BCUT2D eigenvalue weighted by Gasteiger charge is 2.12. The quantitative estimate of drug-likeness (QED) is 0.490. The third kappa shape index (κ3) is 5.33. The summed E-state index contributed by atoms with van der Waals surface area (Å²) >= 11 is 0. The van der Waals surface area contributed by atoms with Crippen molar-refractivity contribution >= 4 is 0 Å². The molecule has 0 nitrogen and oxygen atoms in total. The SMILES string of the molecule is CCCCC1CC=C(C#Cc2ccc(-c3ccc(CC)cc3F)cc2)CC1. The molecule has 0 bridgehead atoms. The maximum atomic E-state index is 14.3. The Hall–Kier alpha value is -2.33. The van der Waals surface area contributed by atoms with Gasteiger partial charge in [0, 0.05) is 11.1 Å². The van der Waals surface area contributed by atoms with Gasteiger partial charge in [0.2, 0.25) is 0 Å². The zero-order valence-corrected chi connectivity index (χ0v) is 16.5. The molecule has 0 fully saturated rings. The lowest BCUT2D eigenvalue weighted by Gasteiger charge is -2.19. The predicted molar refractivity (Wildman–Crippen MR) is 113 cm³/mol. The summed E-state index contributed by atoms with van der Waals surface area (Å²) in [6.45, 7) is 4.30. The van der Waals surface area contributed by atoms with E-state index in [1.54, 1.807) is 6.07 Å². The number of hydrogen-bond acceptors (Lipinski definition) is 0. The highest BCUT2D eigenvalue weighted by atomic mass is 19.1. The minimum Gasteiger partial charge on any atom is -0.206 e. The molecule has 2 aromatic rings. The van der Waals surface area contributed by atoms with Crippen molar-refractivity contribution in [2.45, 2.75) is 58.8 Å². The lowest BCUT2D eigenvalue weighted by molar-refractivity contribution is 0.425. The largest absolute Gasteiger partial charge is 0.206 e. The molecule has 3 rings (SSSR count). The van der Waals surface area contributed by atoms with Crippen molar-refractivity contribution in [3.63, 3.8) is 0 Å². The Labute approximate surface area is 163 Å². The number of aryl methyl sites for hydroxylation is 1. The Bertz CT molecular complexity index is 846. The van der Waals surface area contributed by atoms with Crippen molar-refractivity contribution in [1.82, 2.24) is 0 Å². The molecule has 0 radical (unpaired) electrons. The molecule has 1 aliphatic rings. The van der Waals surface area contributed by atoms with Crippen LogP contribution in [0.3, 0.4) is 0 Å². The molecule has 0 saturated carbocycles. The van der Waals surface area contributed by atoms with Gasteiger partial charge in [-0.1, -0.05) is 75.3 Å². The average Bonchev–Trinajstić information content (AvgIpc) is 2.72. The van der Waals surface area contributed by atoms with E-state index in [2.05, 4.69) is 24.8 Å². The van der Waals surface area contributed by atoms with Crippen LogP contribution in [0.5, 0.6) is 0 Å². The third-order valence-corrected chi connectivity index (χ3v) is 5.49. The van der Waals surface area contributed by atoms with Gasteiger partial charge >= 0.3 is 0 Å². The molecule has 1 unspecified atom stereocenters. The first kappa shape index (κ1) is 19.4. The molecule has 0 heterocycles. The van der Waals surface area contributed by atoms with E-state index in [1.165, 1.54) is 37.7 Å². The summed E-state index contributed by atoms with van der Waals surface area (Å²) in [5.41, 5.74) is 4.83. The number of benzene rings is 2. The summed E-state index contributed by atoms with van der Waals surface area (Å²) in [4.78, 5) is 0. The van der Waals surface area contributed by atoms with Crippen LogP contribution in [0.4, 0.5) is 4.39 Å². The zero-order chi connectivity index (χ0) is 19.1. The lowest BCUT2D eigenvalue weighted by Crippen LogP contribution is -2.05. The van der Waals surface area contributed by atoms with Gasteiger partial charge in [-0.25, -0.2) is 4.39 Å². The maximum Gasteiger partial charge on any atom is 0.131 e. The summed E-state index contributed by atoms with van der Waals surface area (Å²) in [6.07, 6.45) is 10.7. The molecule has 0 spiro atoms. The second-order valence-electron chi connectivity index (χ2n) is 7.51. The fourth-order valence-electron chi connectivity index (χ4n) is 3.66. The average molecular weight is 361 g/mol. The molecule has 27 heavy (non-hydrogen) atoms. The highest BCUT2D eigenvalue weighted by molar-refractivity contribution is 5.65. The van der Waals surface area contributed by atoms with Gasteiger partial charge in [0.1, 0.15) is 5.82 Å². The number of rotatable bonds is 5. The second-order valence-corrected chi connectivity index (χ2v) is 7.51. The van der Waals surface area contributed by atoms with Crippen LogP contribution in [0.25, 0.3) is 11.1 Å². The van der Waals surface area contributed by atoms with E-state index in [9.17, 15) is 4.39 Å². The van der Waals surface area contributed by atoms with Gasteiger partial charge in [-0.2, -0.15) is 0 Å². The van der Waals surface area contributed by atoms with Crippen LogP contribution in [0, 0.1) is 23.6 Å². The van der Waals surface area contributed by atoms with Crippen LogP contribution in [-0.2, 0) is 6.42 Å². The fraction of sp³-hybridized carbons (Fsp3) is 0.385. The molecular weight excluding hydrogens is 331 g/mol. The van der Waals surface area contributed by atoms with E-state index in [-0.39, 0.29) is 5.82 Å². The molecule has 2 aromatic carbocycles. The second kappa shape index (κ2) is 9.56. The monoisotopic (exact) mass is 360 g/mol. The minimum absolute atomic E-state index is 0.154. The van der Waals surface area contributed by atoms with Crippen molar-refractivity contribution < 1.29 is 4.39 Å². The lowest BCUT2D eigenvalue weighted by atomic mass is 9.86. The van der Waals surface area contributed by atoms with Crippen molar-refractivity contribution in [2.24, 2.45) is 5.92 Å². The molecule has 1 heteroatoms. The van der Waals surface area contributed by atoms with Gasteiger partial charge in [-0.15, -0.1) is 0 Å². The van der Waals surface area contributed by atoms with E-state index in [0.29, 0.717) is 5.56 Å². The summed E-state index contributed by atoms with van der Waals surface area (Å²) < 4.78 is 14.3. The van der Waals surface area contributed by atoms with E-state index in [1.807, 2.05) is 43.3 Å². The van der Waals surface area contributed by atoms with Crippen molar-refractivity contribution in [1.29, 1.82) is 0 Å². The van der Waals surface area contributed by atoms with Crippen LogP contribution in [-0.4, -0.2) is 0 Å². The van der Waals surface area contributed by atoms with Gasteiger partial charge in [0.05, 0.1) is 0 Å². The zero-order valence-electron chi connectivity index (χ0n) is 16.5. The van der Waals surface area contributed by atoms with Crippen LogP contribution < -0.4 is 0 Å². The highest BCUT2D eigenvalue weighted by Crippen LogP contribution is 2.27. The van der Waals surface area contributed by atoms with Gasteiger partial charge in [-0.3, -0.25) is 0 Å². The van der Waals surface area contributed by atoms with Crippen molar-refractivity contribution in [3.8, 4) is 23.0 Å². The Morgan fingerprint density at radius 1 is 1.04 bits per heavy atom. The summed E-state index contributed by atoms with van der Waals surface area (Å²) in [5, 5.41) is 0. The van der Waals surface area contributed by atoms with Crippen LogP contribution in [0.15, 0.2) is 54.1 Å². The Kier molecular flexibility index (Phi) is 6.88. The van der Waals surface area contributed by atoms with Gasteiger partial charge in [-0.05, 0) is 66.5 Å². The number of hydrogen-bond donors (Lipinski definition) is 0.